The first kappa shape index (κ1) is 21.2. The van der Waals surface area contributed by atoms with Crippen LogP contribution in [0.2, 0.25) is 0 Å². The molecule has 2 aliphatic heterocycles. The average Bonchev–Trinajstić information content (AvgIpc) is 3.25. The fourth-order valence-electron chi connectivity index (χ4n) is 4.84. The summed E-state index contributed by atoms with van der Waals surface area (Å²) < 4.78 is 0. The summed E-state index contributed by atoms with van der Waals surface area (Å²) in [6.45, 7) is 1.82. The molecule has 3 aromatic rings. The number of piperidine rings is 1. The zero-order valence-corrected chi connectivity index (χ0v) is 18.5. The Balaban J connectivity index is 1.33. The Bertz CT molecular complexity index is 1210. The Morgan fingerprint density at radius 2 is 1.58 bits per heavy atom. The number of rotatable bonds is 4. The topological polar surface area (TPSA) is 69.7 Å². The maximum Gasteiger partial charge on any atom is 0.255 e. The molecule has 6 heteroatoms. The van der Waals surface area contributed by atoms with Crippen molar-refractivity contribution in [1.82, 2.24) is 4.90 Å². The fraction of sp³-hybridized carbons (Fsp3) is 0.296. The number of amides is 3. The maximum absolute atomic E-state index is 13.1. The summed E-state index contributed by atoms with van der Waals surface area (Å²) in [7, 11) is 0. The van der Waals surface area contributed by atoms with Crippen LogP contribution in [0.1, 0.15) is 36.0 Å². The predicted molar refractivity (Wildman–Crippen MR) is 129 cm³/mol. The normalized spacial score (nSPS) is 18.5. The van der Waals surface area contributed by atoms with Gasteiger partial charge in [0.25, 0.3) is 5.91 Å². The van der Waals surface area contributed by atoms with Crippen molar-refractivity contribution < 1.29 is 14.4 Å². The number of carbonyl (C=O) groups excluding carboxylic acids is 3. The molecule has 3 aromatic carbocycles. The summed E-state index contributed by atoms with van der Waals surface area (Å²) in [4.78, 5) is 42.6. The van der Waals surface area contributed by atoms with E-state index in [4.69, 9.17) is 0 Å². The van der Waals surface area contributed by atoms with Gasteiger partial charge in [-0.25, -0.2) is 0 Å². The molecule has 5 rings (SSSR count). The van der Waals surface area contributed by atoms with Gasteiger partial charge in [0.05, 0.1) is 22.9 Å². The third-order valence-electron chi connectivity index (χ3n) is 6.61. The summed E-state index contributed by atoms with van der Waals surface area (Å²) in [5, 5.41) is 4.99. The van der Waals surface area contributed by atoms with Crippen molar-refractivity contribution in [2.75, 3.05) is 29.9 Å². The summed E-state index contributed by atoms with van der Waals surface area (Å²) in [5.74, 6) is -0.825. The summed E-state index contributed by atoms with van der Waals surface area (Å²) in [6, 6.07) is 20.9. The smallest absolute Gasteiger partial charge is 0.255 e. The van der Waals surface area contributed by atoms with Crippen LogP contribution in [-0.2, 0) is 9.59 Å². The molecule has 0 aromatic heterocycles. The van der Waals surface area contributed by atoms with Crippen LogP contribution < -0.4 is 10.2 Å². The third kappa shape index (κ3) is 4.21. The van der Waals surface area contributed by atoms with Crippen molar-refractivity contribution in [3.05, 3.63) is 72.3 Å². The highest BCUT2D eigenvalue weighted by atomic mass is 16.2. The van der Waals surface area contributed by atoms with Gasteiger partial charge < -0.3 is 15.1 Å². The van der Waals surface area contributed by atoms with E-state index in [1.807, 2.05) is 59.5 Å². The van der Waals surface area contributed by atoms with E-state index >= 15 is 0 Å². The molecule has 0 saturated carbocycles. The van der Waals surface area contributed by atoms with Gasteiger partial charge in [0.2, 0.25) is 11.8 Å². The van der Waals surface area contributed by atoms with Crippen LogP contribution in [0.4, 0.5) is 11.4 Å². The molecule has 0 spiro atoms. The summed E-state index contributed by atoms with van der Waals surface area (Å²) >= 11 is 0. The molecule has 2 saturated heterocycles. The molecule has 2 heterocycles. The van der Waals surface area contributed by atoms with E-state index in [9.17, 15) is 14.4 Å². The molecule has 0 radical (unpaired) electrons. The largest absolute Gasteiger partial charge is 0.339 e. The Hall–Kier alpha value is -3.67. The number of anilines is 2. The second-order valence-corrected chi connectivity index (χ2v) is 8.79. The Morgan fingerprint density at radius 3 is 2.42 bits per heavy atom. The zero-order chi connectivity index (χ0) is 22.8. The molecule has 6 nitrogen and oxygen atoms in total. The lowest BCUT2D eigenvalue weighted by Gasteiger charge is -2.27. The molecular formula is C27H27N3O3. The number of benzene rings is 3. The average molecular weight is 442 g/mol. The highest BCUT2D eigenvalue weighted by Crippen LogP contribution is 2.32. The minimum atomic E-state index is -0.477. The monoisotopic (exact) mass is 441 g/mol. The van der Waals surface area contributed by atoms with Crippen molar-refractivity contribution in [2.45, 2.75) is 25.7 Å². The minimum Gasteiger partial charge on any atom is -0.339 e. The van der Waals surface area contributed by atoms with Crippen molar-refractivity contribution in [1.29, 1.82) is 0 Å². The number of likely N-dealkylation sites (tertiary alicyclic amines) is 1. The van der Waals surface area contributed by atoms with Gasteiger partial charge in [0.15, 0.2) is 0 Å². The highest BCUT2D eigenvalue weighted by Gasteiger charge is 2.36. The van der Waals surface area contributed by atoms with Crippen LogP contribution in [0.5, 0.6) is 0 Å². The van der Waals surface area contributed by atoms with E-state index in [0.29, 0.717) is 17.8 Å². The number of nitrogens with zero attached hydrogens (tertiary/aromatic N) is 2. The van der Waals surface area contributed by atoms with E-state index < -0.39 is 5.92 Å². The second kappa shape index (κ2) is 9.06. The lowest BCUT2D eigenvalue weighted by Crippen LogP contribution is -2.36. The Morgan fingerprint density at radius 1 is 0.848 bits per heavy atom. The van der Waals surface area contributed by atoms with Gasteiger partial charge in [-0.15, -0.1) is 0 Å². The molecule has 33 heavy (non-hydrogen) atoms. The Labute approximate surface area is 193 Å². The zero-order valence-electron chi connectivity index (χ0n) is 18.5. The van der Waals surface area contributed by atoms with Crippen molar-refractivity contribution in [3.63, 3.8) is 0 Å². The van der Waals surface area contributed by atoms with Gasteiger partial charge in [-0.05, 0) is 42.8 Å². The minimum absolute atomic E-state index is 0.0505. The maximum atomic E-state index is 13.1. The molecular weight excluding hydrogens is 414 g/mol. The summed E-state index contributed by atoms with van der Waals surface area (Å²) in [6.07, 6.45) is 3.31. The molecule has 2 aliphatic rings. The first-order chi connectivity index (χ1) is 16.1. The molecule has 1 N–H and O–H groups in total. The summed E-state index contributed by atoms with van der Waals surface area (Å²) in [5.41, 5.74) is 1.84. The van der Waals surface area contributed by atoms with E-state index in [1.165, 1.54) is 0 Å². The molecule has 2 fully saturated rings. The third-order valence-corrected chi connectivity index (χ3v) is 6.61. The predicted octanol–water partition coefficient (Wildman–Crippen LogP) is 4.46. The van der Waals surface area contributed by atoms with Gasteiger partial charge in [0.1, 0.15) is 0 Å². The van der Waals surface area contributed by atoms with Gasteiger partial charge in [-0.1, -0.05) is 48.5 Å². The molecule has 3 amide bonds. The van der Waals surface area contributed by atoms with Gasteiger partial charge in [-0.2, -0.15) is 0 Å². The van der Waals surface area contributed by atoms with Gasteiger partial charge in [0, 0.05) is 31.4 Å². The SMILES string of the molecule is O=C(Nc1ccccc1C(=O)N1CCCCC1)C1CC(=O)N(c2cccc3ccccc23)C1. The number of carbonyl (C=O) groups is 3. The molecule has 168 valence electrons. The van der Waals surface area contributed by atoms with Gasteiger partial charge in [-0.3, -0.25) is 14.4 Å². The van der Waals surface area contributed by atoms with E-state index in [2.05, 4.69) is 5.32 Å². The van der Waals surface area contributed by atoms with Gasteiger partial charge >= 0.3 is 0 Å². The van der Waals surface area contributed by atoms with Crippen LogP contribution in [-0.4, -0.2) is 42.3 Å². The first-order valence-corrected chi connectivity index (χ1v) is 11.6. The lowest BCUT2D eigenvalue weighted by molar-refractivity contribution is -0.122. The van der Waals surface area contributed by atoms with E-state index in [0.717, 1.165) is 48.8 Å². The number of hydrogen-bond donors (Lipinski definition) is 1. The Kier molecular flexibility index (Phi) is 5.82. The van der Waals surface area contributed by atoms with Crippen molar-refractivity contribution in [3.8, 4) is 0 Å². The molecule has 0 bridgehead atoms. The van der Waals surface area contributed by atoms with Crippen LogP contribution in [0, 0.1) is 5.92 Å². The highest BCUT2D eigenvalue weighted by molar-refractivity contribution is 6.09. The van der Waals surface area contributed by atoms with Crippen LogP contribution in [0.15, 0.2) is 66.7 Å². The van der Waals surface area contributed by atoms with Crippen LogP contribution in [0.25, 0.3) is 10.8 Å². The lowest BCUT2D eigenvalue weighted by atomic mass is 10.1. The molecule has 1 atom stereocenters. The molecule has 0 aliphatic carbocycles. The van der Waals surface area contributed by atoms with Crippen molar-refractivity contribution in [2.24, 2.45) is 5.92 Å². The quantitative estimate of drug-likeness (QED) is 0.650. The second-order valence-electron chi connectivity index (χ2n) is 8.79. The number of para-hydroxylation sites is 1. The van der Waals surface area contributed by atoms with E-state index in [-0.39, 0.29) is 24.1 Å². The molecule has 1 unspecified atom stereocenters. The number of hydrogen-bond acceptors (Lipinski definition) is 3. The van der Waals surface area contributed by atoms with E-state index in [1.54, 1.807) is 17.0 Å². The number of fused-ring (bicyclic) bond motifs is 1. The van der Waals surface area contributed by atoms with Crippen LogP contribution in [0.3, 0.4) is 0 Å². The van der Waals surface area contributed by atoms with Crippen LogP contribution >= 0.6 is 0 Å². The fourth-order valence-corrected chi connectivity index (χ4v) is 4.84. The standard InChI is InChI=1S/C27H27N3O3/c31-25-17-20(18-30(25)24-14-8-10-19-9-2-3-11-21(19)24)26(32)28-23-13-5-4-12-22(23)27(33)29-15-6-1-7-16-29/h2-5,8-14,20H,1,6-7,15-18H2,(H,28,32). The number of nitrogens with one attached hydrogen (secondary N) is 1. The van der Waals surface area contributed by atoms with Crippen molar-refractivity contribution >= 4 is 39.9 Å². The first-order valence-electron chi connectivity index (χ1n) is 11.6.